The average molecular weight is 300 g/mol. The summed E-state index contributed by atoms with van der Waals surface area (Å²) >= 11 is 5.17. The number of hydrogen-bond donors (Lipinski definition) is 3. The number of halogens is 1. The van der Waals surface area contributed by atoms with Crippen molar-refractivity contribution in [1.82, 2.24) is 19.5 Å². The van der Waals surface area contributed by atoms with Crippen molar-refractivity contribution in [3.05, 3.63) is 23.1 Å². The Balaban J connectivity index is 0.00000133. The van der Waals surface area contributed by atoms with Gasteiger partial charge in [0.2, 0.25) is 5.95 Å². The van der Waals surface area contributed by atoms with Crippen LogP contribution in [-0.2, 0) is 0 Å². The minimum absolute atomic E-state index is 0. The molecule has 1 aliphatic carbocycles. The van der Waals surface area contributed by atoms with E-state index >= 15 is 0 Å². The molecule has 0 unspecified atom stereocenters. The van der Waals surface area contributed by atoms with Crippen LogP contribution < -0.4 is 5.73 Å². The summed E-state index contributed by atoms with van der Waals surface area (Å²) in [5.41, 5.74) is 7.01. The van der Waals surface area contributed by atoms with Gasteiger partial charge < -0.3 is 20.4 Å². The number of nitrogen functional groups attached to an aromatic ring is 1. The quantitative estimate of drug-likeness (QED) is 0.578. The van der Waals surface area contributed by atoms with E-state index < -0.39 is 0 Å². The highest BCUT2D eigenvalue weighted by Gasteiger charge is 2.21. The maximum Gasteiger partial charge on any atom is 0.200 e. The highest BCUT2D eigenvalue weighted by atomic mass is 35.5. The molecule has 19 heavy (non-hydrogen) atoms. The van der Waals surface area contributed by atoms with Crippen LogP contribution >= 0.6 is 24.6 Å². The van der Waals surface area contributed by atoms with Crippen LogP contribution in [0.5, 0.6) is 0 Å². The zero-order chi connectivity index (χ0) is 12.7. The summed E-state index contributed by atoms with van der Waals surface area (Å²) in [4.78, 5) is 11.3. The molecule has 4 N–H and O–H groups in total. The predicted molar refractivity (Wildman–Crippen MR) is 77.7 cm³/mol. The van der Waals surface area contributed by atoms with Crippen molar-refractivity contribution >= 4 is 41.7 Å². The zero-order valence-corrected chi connectivity index (χ0v) is 11.6. The Morgan fingerprint density at radius 1 is 1.53 bits per heavy atom. The molecule has 2 atom stereocenters. The van der Waals surface area contributed by atoms with Crippen molar-refractivity contribution in [3.8, 4) is 0 Å². The zero-order valence-electron chi connectivity index (χ0n) is 9.98. The first-order chi connectivity index (χ1) is 8.69. The van der Waals surface area contributed by atoms with E-state index in [2.05, 4.69) is 21.0 Å². The number of anilines is 1. The van der Waals surface area contributed by atoms with Gasteiger partial charge in [-0.3, -0.25) is 0 Å². The molecule has 6 nitrogen and oxygen atoms in total. The summed E-state index contributed by atoms with van der Waals surface area (Å²) < 4.78 is 2.44. The summed E-state index contributed by atoms with van der Waals surface area (Å²) in [7, 11) is 0. The molecule has 1 aliphatic rings. The molecule has 2 aromatic rings. The van der Waals surface area contributed by atoms with Crippen LogP contribution in [-0.4, -0.2) is 31.2 Å². The van der Waals surface area contributed by atoms with Gasteiger partial charge in [0, 0.05) is 12.5 Å². The van der Waals surface area contributed by atoms with E-state index in [1.165, 1.54) is 0 Å². The monoisotopic (exact) mass is 299 g/mol. The van der Waals surface area contributed by atoms with Gasteiger partial charge in [-0.05, 0) is 6.42 Å². The highest BCUT2D eigenvalue weighted by molar-refractivity contribution is 7.71. The second kappa shape index (κ2) is 5.28. The first-order valence-electron chi connectivity index (χ1n) is 5.70. The summed E-state index contributed by atoms with van der Waals surface area (Å²) in [6, 6.07) is 0.149. The molecule has 0 spiro atoms. The van der Waals surface area contributed by atoms with Gasteiger partial charge in [0.15, 0.2) is 5.65 Å². The number of rotatable bonds is 2. The van der Waals surface area contributed by atoms with Crippen molar-refractivity contribution in [2.24, 2.45) is 5.92 Å². The van der Waals surface area contributed by atoms with E-state index in [0.717, 1.165) is 6.42 Å². The average Bonchev–Trinajstić information content (AvgIpc) is 2.93. The fourth-order valence-corrected chi connectivity index (χ4v) is 2.53. The number of nitrogens with zero attached hydrogens (tertiary/aromatic N) is 3. The van der Waals surface area contributed by atoms with Crippen molar-refractivity contribution in [2.75, 3.05) is 12.3 Å². The maximum absolute atomic E-state index is 9.15. The molecule has 3 rings (SSSR count). The van der Waals surface area contributed by atoms with E-state index in [-0.39, 0.29) is 36.9 Å². The third-order valence-electron chi connectivity index (χ3n) is 3.19. The smallest absolute Gasteiger partial charge is 0.200 e. The molecule has 0 aromatic carbocycles. The van der Waals surface area contributed by atoms with Crippen molar-refractivity contribution < 1.29 is 5.11 Å². The molecule has 0 fully saturated rings. The van der Waals surface area contributed by atoms with Gasteiger partial charge in [-0.1, -0.05) is 24.4 Å². The van der Waals surface area contributed by atoms with Crippen LogP contribution in [0.1, 0.15) is 12.5 Å². The van der Waals surface area contributed by atoms with Gasteiger partial charge in [-0.2, -0.15) is 4.98 Å². The molecular formula is C11H14ClN5OS. The van der Waals surface area contributed by atoms with Gasteiger partial charge in [0.25, 0.3) is 0 Å². The number of aromatic nitrogens is 4. The normalized spacial score (nSPS) is 21.7. The fourth-order valence-electron chi connectivity index (χ4n) is 2.28. The molecule has 0 bridgehead atoms. The Hall–Kier alpha value is -1.44. The second-order valence-corrected chi connectivity index (χ2v) is 4.81. The van der Waals surface area contributed by atoms with E-state index in [0.29, 0.717) is 15.8 Å². The number of allylic oxidation sites excluding steroid dienone is 1. The van der Waals surface area contributed by atoms with Crippen LogP contribution in [0.3, 0.4) is 0 Å². The molecule has 0 amide bonds. The third kappa shape index (κ3) is 2.36. The Bertz CT molecular complexity index is 679. The van der Waals surface area contributed by atoms with Gasteiger partial charge in [-0.15, -0.1) is 12.4 Å². The van der Waals surface area contributed by atoms with Gasteiger partial charge >= 0.3 is 0 Å². The topological polar surface area (TPSA) is 92.8 Å². The minimum Gasteiger partial charge on any atom is -0.396 e. The Morgan fingerprint density at radius 3 is 3.00 bits per heavy atom. The lowest BCUT2D eigenvalue weighted by Crippen LogP contribution is -2.08. The number of imidazole rings is 1. The van der Waals surface area contributed by atoms with Crippen LogP contribution in [0.2, 0.25) is 0 Å². The van der Waals surface area contributed by atoms with E-state index in [9.17, 15) is 0 Å². The van der Waals surface area contributed by atoms with Crippen molar-refractivity contribution in [3.63, 3.8) is 0 Å². The summed E-state index contributed by atoms with van der Waals surface area (Å²) in [6.07, 6.45) is 6.63. The van der Waals surface area contributed by atoms with Crippen LogP contribution in [0.25, 0.3) is 11.2 Å². The number of fused-ring (bicyclic) bond motifs is 1. The minimum atomic E-state index is 0. The molecule has 0 aliphatic heterocycles. The third-order valence-corrected chi connectivity index (χ3v) is 3.49. The molecule has 2 aromatic heterocycles. The molecule has 2 heterocycles. The first-order valence-corrected chi connectivity index (χ1v) is 6.11. The molecule has 0 saturated carbocycles. The van der Waals surface area contributed by atoms with Crippen LogP contribution in [0.15, 0.2) is 18.5 Å². The number of aliphatic hydroxyl groups excluding tert-OH is 1. The van der Waals surface area contributed by atoms with Gasteiger partial charge in [0.05, 0.1) is 12.4 Å². The predicted octanol–water partition coefficient (Wildman–Crippen LogP) is 1.60. The van der Waals surface area contributed by atoms with Crippen molar-refractivity contribution in [2.45, 2.75) is 12.5 Å². The molecule has 0 radical (unpaired) electrons. The van der Waals surface area contributed by atoms with E-state index in [1.54, 1.807) is 6.33 Å². The fraction of sp³-hybridized carbons (Fsp3) is 0.364. The van der Waals surface area contributed by atoms with Crippen LogP contribution in [0, 0.1) is 10.6 Å². The SMILES string of the molecule is Cl.Nc1nc2c(ncn2[C@H]2C=C[C@@H](CO)C2)c(=S)[nH]1. The molecular weight excluding hydrogens is 286 g/mol. The molecule has 102 valence electrons. The second-order valence-electron chi connectivity index (χ2n) is 4.41. The Morgan fingerprint density at radius 2 is 2.32 bits per heavy atom. The van der Waals surface area contributed by atoms with Gasteiger partial charge in [-0.25, -0.2) is 4.98 Å². The summed E-state index contributed by atoms with van der Waals surface area (Å²) in [5, 5.41) is 9.15. The summed E-state index contributed by atoms with van der Waals surface area (Å²) in [6.45, 7) is 0.162. The first kappa shape index (κ1) is 14.0. The number of nitrogens with one attached hydrogen (secondary N) is 1. The number of aromatic amines is 1. The van der Waals surface area contributed by atoms with Gasteiger partial charge in [0.1, 0.15) is 10.2 Å². The van der Waals surface area contributed by atoms with E-state index in [1.807, 2.05) is 10.6 Å². The standard InChI is InChI=1S/C11H13N5OS.ClH/c12-11-14-9-8(10(18)15-11)13-5-16(9)7-2-1-6(3-7)4-17;/h1-2,5-7,17H,3-4H2,(H3,12,14,15,18);1H/t6-,7+;/m1./s1. The Kier molecular flexibility index (Phi) is 3.88. The number of H-pyrrole nitrogens is 1. The lowest BCUT2D eigenvalue weighted by molar-refractivity contribution is 0.244. The lowest BCUT2D eigenvalue weighted by Gasteiger charge is -2.12. The van der Waals surface area contributed by atoms with Crippen molar-refractivity contribution in [1.29, 1.82) is 0 Å². The Labute approximate surface area is 120 Å². The summed E-state index contributed by atoms with van der Waals surface area (Å²) in [5.74, 6) is 0.484. The number of hydrogen-bond acceptors (Lipinski definition) is 5. The number of aliphatic hydroxyl groups is 1. The number of nitrogens with two attached hydrogens (primary N) is 1. The largest absolute Gasteiger partial charge is 0.396 e. The maximum atomic E-state index is 9.15. The van der Waals surface area contributed by atoms with E-state index in [4.69, 9.17) is 23.1 Å². The lowest BCUT2D eigenvalue weighted by atomic mass is 10.1. The molecule has 0 saturated heterocycles. The highest BCUT2D eigenvalue weighted by Crippen LogP contribution is 2.29. The van der Waals surface area contributed by atoms with Crippen LogP contribution in [0.4, 0.5) is 5.95 Å². The molecule has 8 heteroatoms.